The molecule has 1 saturated carbocycles. The number of halogens is 3. The maximum absolute atomic E-state index is 13.0. The Labute approximate surface area is 112 Å². The maximum Gasteiger partial charge on any atom is 0.248 e. The summed E-state index contributed by atoms with van der Waals surface area (Å²) in [4.78, 5) is 15.9. The van der Waals surface area contributed by atoms with Gasteiger partial charge in [-0.3, -0.25) is 4.79 Å². The Morgan fingerprint density at radius 2 is 2.06 bits per heavy atom. The molecule has 1 aliphatic rings. The minimum Gasteiger partial charge on any atom is -0.324 e. The standard InChI is InChI=1S/C12H13BrF2N2O/c13-10-2-1-9(7-16-10)17-11(18)8-3-5-12(14,15)6-4-8/h1-2,7-8H,3-6H2,(H,17,18). The van der Waals surface area contributed by atoms with Gasteiger partial charge in [0.05, 0.1) is 11.9 Å². The zero-order valence-corrected chi connectivity index (χ0v) is 11.2. The summed E-state index contributed by atoms with van der Waals surface area (Å²) >= 11 is 3.19. The van der Waals surface area contributed by atoms with Crippen LogP contribution in [0.5, 0.6) is 0 Å². The normalized spacial score (nSPS) is 19.5. The van der Waals surface area contributed by atoms with Gasteiger partial charge in [-0.15, -0.1) is 0 Å². The fourth-order valence-electron chi connectivity index (χ4n) is 2.00. The third-order valence-electron chi connectivity index (χ3n) is 3.08. The van der Waals surface area contributed by atoms with Crippen LogP contribution in [0.25, 0.3) is 0 Å². The van der Waals surface area contributed by atoms with Crippen molar-refractivity contribution < 1.29 is 13.6 Å². The number of carbonyl (C=O) groups is 1. The van der Waals surface area contributed by atoms with E-state index >= 15 is 0 Å². The van der Waals surface area contributed by atoms with Gasteiger partial charge < -0.3 is 5.32 Å². The van der Waals surface area contributed by atoms with Gasteiger partial charge in [0.25, 0.3) is 0 Å². The van der Waals surface area contributed by atoms with Crippen molar-refractivity contribution in [2.75, 3.05) is 5.32 Å². The second-order valence-electron chi connectivity index (χ2n) is 4.49. The van der Waals surface area contributed by atoms with E-state index in [0.717, 1.165) is 0 Å². The number of amides is 1. The predicted molar refractivity (Wildman–Crippen MR) is 67.5 cm³/mol. The molecule has 1 amide bonds. The molecule has 0 spiro atoms. The second kappa shape index (κ2) is 5.30. The first-order valence-corrected chi connectivity index (χ1v) is 6.56. The zero-order chi connectivity index (χ0) is 13.2. The topological polar surface area (TPSA) is 42.0 Å². The van der Waals surface area contributed by atoms with Gasteiger partial charge in [-0.05, 0) is 40.9 Å². The molecule has 3 nitrogen and oxygen atoms in total. The molecule has 2 rings (SSSR count). The Kier molecular flexibility index (Phi) is 3.94. The van der Waals surface area contributed by atoms with Gasteiger partial charge in [-0.1, -0.05) is 0 Å². The number of nitrogens with one attached hydrogen (secondary N) is 1. The van der Waals surface area contributed by atoms with Crippen LogP contribution in [0.3, 0.4) is 0 Å². The van der Waals surface area contributed by atoms with Crippen LogP contribution < -0.4 is 5.32 Å². The molecule has 98 valence electrons. The van der Waals surface area contributed by atoms with Gasteiger partial charge in [-0.2, -0.15) is 0 Å². The number of carbonyl (C=O) groups excluding carboxylic acids is 1. The average molecular weight is 319 g/mol. The summed E-state index contributed by atoms with van der Waals surface area (Å²) in [5, 5.41) is 2.70. The van der Waals surface area contributed by atoms with Crippen LogP contribution in [-0.4, -0.2) is 16.8 Å². The lowest BCUT2D eigenvalue weighted by molar-refractivity contribution is -0.124. The number of alkyl halides is 2. The lowest BCUT2D eigenvalue weighted by Gasteiger charge is -2.27. The highest BCUT2D eigenvalue weighted by atomic mass is 79.9. The summed E-state index contributed by atoms with van der Waals surface area (Å²) in [5.41, 5.74) is 0.584. The first-order valence-electron chi connectivity index (χ1n) is 5.76. The number of aromatic nitrogens is 1. The lowest BCUT2D eigenvalue weighted by atomic mass is 9.86. The number of hydrogen-bond donors (Lipinski definition) is 1. The van der Waals surface area contributed by atoms with Gasteiger partial charge in [0.1, 0.15) is 4.60 Å². The Bertz CT molecular complexity index is 426. The van der Waals surface area contributed by atoms with Crippen molar-refractivity contribution in [2.45, 2.75) is 31.6 Å². The quantitative estimate of drug-likeness (QED) is 0.846. The number of pyridine rings is 1. The minimum absolute atomic E-state index is 0.199. The molecule has 1 aromatic heterocycles. The van der Waals surface area contributed by atoms with E-state index in [2.05, 4.69) is 26.2 Å². The smallest absolute Gasteiger partial charge is 0.248 e. The molecule has 0 bridgehead atoms. The molecule has 1 aliphatic carbocycles. The van der Waals surface area contributed by atoms with Crippen molar-refractivity contribution in [3.8, 4) is 0 Å². The van der Waals surface area contributed by atoms with E-state index < -0.39 is 5.92 Å². The zero-order valence-electron chi connectivity index (χ0n) is 9.63. The highest BCUT2D eigenvalue weighted by molar-refractivity contribution is 9.10. The average Bonchev–Trinajstić information content (AvgIpc) is 2.32. The van der Waals surface area contributed by atoms with E-state index in [1.54, 1.807) is 12.1 Å². The van der Waals surface area contributed by atoms with Gasteiger partial charge in [0, 0.05) is 18.8 Å². The molecule has 0 unspecified atom stereocenters. The minimum atomic E-state index is -2.60. The van der Waals surface area contributed by atoms with E-state index in [1.807, 2.05) is 0 Å². The number of nitrogens with zero attached hydrogens (tertiary/aromatic N) is 1. The molecule has 1 aromatic rings. The van der Waals surface area contributed by atoms with Crippen LogP contribution >= 0.6 is 15.9 Å². The van der Waals surface area contributed by atoms with Crippen molar-refractivity contribution in [1.29, 1.82) is 0 Å². The van der Waals surface area contributed by atoms with Crippen LogP contribution in [-0.2, 0) is 4.79 Å². The lowest BCUT2D eigenvalue weighted by Crippen LogP contribution is -2.31. The van der Waals surface area contributed by atoms with Crippen molar-refractivity contribution in [3.63, 3.8) is 0 Å². The largest absolute Gasteiger partial charge is 0.324 e. The molecule has 0 aromatic carbocycles. The Balaban J connectivity index is 1.91. The fourth-order valence-corrected chi connectivity index (χ4v) is 2.23. The van der Waals surface area contributed by atoms with Gasteiger partial charge >= 0.3 is 0 Å². The van der Waals surface area contributed by atoms with Crippen molar-refractivity contribution in [2.24, 2.45) is 5.92 Å². The second-order valence-corrected chi connectivity index (χ2v) is 5.30. The molecule has 1 N–H and O–H groups in total. The van der Waals surface area contributed by atoms with Crippen molar-refractivity contribution >= 4 is 27.5 Å². The van der Waals surface area contributed by atoms with Crippen LogP contribution in [0.4, 0.5) is 14.5 Å². The summed E-state index contributed by atoms with van der Waals surface area (Å²) in [6, 6.07) is 3.43. The van der Waals surface area contributed by atoms with Gasteiger partial charge in [0.2, 0.25) is 11.8 Å². The summed E-state index contributed by atoms with van der Waals surface area (Å²) in [5.74, 6) is -3.13. The summed E-state index contributed by atoms with van der Waals surface area (Å²) in [6.07, 6.45) is 1.60. The Hall–Kier alpha value is -1.04. The van der Waals surface area contributed by atoms with Gasteiger partial charge in [0.15, 0.2) is 0 Å². The first-order chi connectivity index (χ1) is 8.46. The Morgan fingerprint density at radius 3 is 2.61 bits per heavy atom. The third-order valence-corrected chi connectivity index (χ3v) is 3.55. The van der Waals surface area contributed by atoms with E-state index in [-0.39, 0.29) is 37.5 Å². The van der Waals surface area contributed by atoms with Gasteiger partial charge in [-0.25, -0.2) is 13.8 Å². The highest BCUT2D eigenvalue weighted by Gasteiger charge is 2.37. The molecular weight excluding hydrogens is 306 g/mol. The molecule has 0 saturated heterocycles. The van der Waals surface area contributed by atoms with Crippen molar-refractivity contribution in [3.05, 3.63) is 22.9 Å². The monoisotopic (exact) mass is 318 g/mol. The molecule has 6 heteroatoms. The molecule has 1 fully saturated rings. The molecule has 0 radical (unpaired) electrons. The molecule has 18 heavy (non-hydrogen) atoms. The van der Waals surface area contributed by atoms with Crippen LogP contribution in [0.1, 0.15) is 25.7 Å². The molecule has 0 aliphatic heterocycles. The number of anilines is 1. The SMILES string of the molecule is O=C(Nc1ccc(Br)nc1)C1CCC(F)(F)CC1. The molecule has 1 heterocycles. The van der Waals surface area contributed by atoms with E-state index in [0.29, 0.717) is 10.3 Å². The van der Waals surface area contributed by atoms with Crippen molar-refractivity contribution in [1.82, 2.24) is 4.98 Å². The maximum atomic E-state index is 13.0. The summed E-state index contributed by atoms with van der Waals surface area (Å²) < 4.78 is 26.6. The molecular formula is C12H13BrF2N2O. The number of hydrogen-bond acceptors (Lipinski definition) is 2. The third kappa shape index (κ3) is 3.48. The highest BCUT2D eigenvalue weighted by Crippen LogP contribution is 2.36. The predicted octanol–water partition coefficient (Wildman–Crippen LogP) is 3.61. The van der Waals surface area contributed by atoms with Crippen LogP contribution in [0.15, 0.2) is 22.9 Å². The molecule has 0 atom stereocenters. The van der Waals surface area contributed by atoms with Crippen LogP contribution in [0.2, 0.25) is 0 Å². The van der Waals surface area contributed by atoms with E-state index in [9.17, 15) is 13.6 Å². The number of rotatable bonds is 2. The fraction of sp³-hybridized carbons (Fsp3) is 0.500. The van der Waals surface area contributed by atoms with Crippen LogP contribution in [0, 0.1) is 5.92 Å². The Morgan fingerprint density at radius 1 is 1.39 bits per heavy atom. The summed E-state index contributed by atoms with van der Waals surface area (Å²) in [6.45, 7) is 0. The van der Waals surface area contributed by atoms with E-state index in [1.165, 1.54) is 6.20 Å². The van der Waals surface area contributed by atoms with E-state index in [4.69, 9.17) is 0 Å². The summed E-state index contributed by atoms with van der Waals surface area (Å²) in [7, 11) is 0. The first kappa shape index (κ1) is 13.4.